The molecule has 0 aliphatic heterocycles. The van der Waals surface area contributed by atoms with Gasteiger partial charge in [0.1, 0.15) is 5.52 Å². The van der Waals surface area contributed by atoms with Gasteiger partial charge in [-0.2, -0.15) is 0 Å². The summed E-state index contributed by atoms with van der Waals surface area (Å²) in [5.41, 5.74) is 2.14. The van der Waals surface area contributed by atoms with Gasteiger partial charge in [0.15, 0.2) is 5.58 Å². The zero-order chi connectivity index (χ0) is 16.9. The van der Waals surface area contributed by atoms with Gasteiger partial charge in [0.2, 0.25) is 5.91 Å². The topological polar surface area (TPSA) is 55.1 Å². The molecule has 4 rings (SSSR count). The minimum absolute atomic E-state index is 0.0804. The van der Waals surface area contributed by atoms with Gasteiger partial charge in [-0.3, -0.25) is 4.79 Å². The first-order valence-corrected chi connectivity index (χ1v) is 9.66. The molecule has 1 amide bonds. The van der Waals surface area contributed by atoms with Crippen molar-refractivity contribution in [1.82, 2.24) is 10.3 Å². The van der Waals surface area contributed by atoms with E-state index in [1.165, 1.54) is 24.6 Å². The minimum atomic E-state index is 0.0804. The molecule has 4 nitrogen and oxygen atoms in total. The van der Waals surface area contributed by atoms with Crippen LogP contribution in [0.5, 0.6) is 0 Å². The van der Waals surface area contributed by atoms with Crippen LogP contribution in [-0.2, 0) is 4.79 Å². The number of nitrogens with one attached hydrogen (secondary N) is 1. The van der Waals surface area contributed by atoms with Crippen molar-refractivity contribution >= 4 is 28.8 Å². The summed E-state index contributed by atoms with van der Waals surface area (Å²) >= 11 is 1.37. The average Bonchev–Trinajstić information content (AvgIpc) is 3.11. The second kappa shape index (κ2) is 5.51. The van der Waals surface area contributed by atoms with Crippen molar-refractivity contribution in [2.24, 2.45) is 16.7 Å². The molecule has 1 aromatic carbocycles. The van der Waals surface area contributed by atoms with Crippen LogP contribution in [0.3, 0.4) is 0 Å². The Bertz CT molecular complexity index is 752. The van der Waals surface area contributed by atoms with Crippen LogP contribution in [0.4, 0.5) is 0 Å². The molecule has 0 radical (unpaired) electrons. The van der Waals surface area contributed by atoms with E-state index in [1.54, 1.807) is 0 Å². The fourth-order valence-electron chi connectivity index (χ4n) is 4.70. The highest BCUT2D eigenvalue weighted by Gasteiger charge is 2.61. The van der Waals surface area contributed by atoms with Gasteiger partial charge in [0.25, 0.3) is 5.22 Å². The Labute approximate surface area is 146 Å². The highest BCUT2D eigenvalue weighted by Crippen LogP contribution is 2.65. The normalized spacial score (nSPS) is 30.8. The number of hydrogen-bond donors (Lipinski definition) is 1. The average molecular weight is 344 g/mol. The lowest BCUT2D eigenvalue weighted by molar-refractivity contribution is -0.120. The lowest BCUT2D eigenvalue weighted by Gasteiger charge is -2.39. The maximum absolute atomic E-state index is 12.4. The molecular formula is C19H24N2O2S. The van der Waals surface area contributed by atoms with Gasteiger partial charge >= 0.3 is 0 Å². The number of hydrogen-bond acceptors (Lipinski definition) is 4. The number of carbonyl (C=O) groups excluding carboxylic acids is 1. The first kappa shape index (κ1) is 16.0. The number of fused-ring (bicyclic) bond motifs is 3. The lowest BCUT2D eigenvalue weighted by atomic mass is 9.69. The van der Waals surface area contributed by atoms with Crippen molar-refractivity contribution in [2.45, 2.75) is 51.3 Å². The van der Waals surface area contributed by atoms with Crippen LogP contribution in [0, 0.1) is 16.7 Å². The van der Waals surface area contributed by atoms with Gasteiger partial charge < -0.3 is 9.73 Å². The number of amides is 1. The van der Waals surface area contributed by atoms with E-state index in [2.05, 4.69) is 31.1 Å². The molecule has 0 saturated heterocycles. The molecule has 3 atom stereocenters. The van der Waals surface area contributed by atoms with Gasteiger partial charge in [0, 0.05) is 6.04 Å². The maximum Gasteiger partial charge on any atom is 0.257 e. The number of thioether (sulfide) groups is 1. The Kier molecular flexibility index (Phi) is 3.68. The van der Waals surface area contributed by atoms with E-state index in [9.17, 15) is 4.79 Å². The maximum atomic E-state index is 12.4. The second-order valence-electron chi connectivity index (χ2n) is 7.97. The number of oxazole rings is 1. The third kappa shape index (κ3) is 2.36. The smallest absolute Gasteiger partial charge is 0.257 e. The van der Waals surface area contributed by atoms with Crippen LogP contribution in [0.1, 0.15) is 40.0 Å². The quantitative estimate of drug-likeness (QED) is 0.843. The minimum Gasteiger partial charge on any atom is -0.431 e. The summed E-state index contributed by atoms with van der Waals surface area (Å²) < 4.78 is 5.66. The fraction of sp³-hybridized carbons (Fsp3) is 0.579. The van der Waals surface area contributed by atoms with Crippen LogP contribution in [-0.4, -0.2) is 22.7 Å². The van der Waals surface area contributed by atoms with Gasteiger partial charge in [-0.1, -0.05) is 44.7 Å². The van der Waals surface area contributed by atoms with Crippen molar-refractivity contribution in [3.05, 3.63) is 24.3 Å². The van der Waals surface area contributed by atoms with Crippen molar-refractivity contribution in [1.29, 1.82) is 0 Å². The summed E-state index contributed by atoms with van der Waals surface area (Å²) in [7, 11) is 0. The molecule has 0 unspecified atom stereocenters. The van der Waals surface area contributed by atoms with Crippen LogP contribution < -0.4 is 5.32 Å². The zero-order valence-electron chi connectivity index (χ0n) is 14.5. The molecule has 2 fully saturated rings. The van der Waals surface area contributed by atoms with Crippen molar-refractivity contribution in [3.63, 3.8) is 0 Å². The summed E-state index contributed by atoms with van der Waals surface area (Å²) in [5, 5.41) is 3.84. The fourth-order valence-corrected chi connectivity index (χ4v) is 5.35. The number of rotatable bonds is 4. The zero-order valence-corrected chi connectivity index (χ0v) is 15.3. The first-order valence-electron chi connectivity index (χ1n) is 8.68. The molecular weight excluding hydrogens is 320 g/mol. The Morgan fingerprint density at radius 1 is 1.38 bits per heavy atom. The molecule has 2 aliphatic rings. The molecule has 24 heavy (non-hydrogen) atoms. The first-order chi connectivity index (χ1) is 11.4. The van der Waals surface area contributed by atoms with Gasteiger partial charge in [-0.25, -0.2) is 4.98 Å². The molecule has 0 spiro atoms. The highest BCUT2D eigenvalue weighted by molar-refractivity contribution is 7.99. The van der Waals surface area contributed by atoms with Crippen molar-refractivity contribution < 1.29 is 9.21 Å². The number of benzene rings is 1. The van der Waals surface area contributed by atoms with E-state index in [0.29, 0.717) is 22.4 Å². The Hall–Kier alpha value is -1.49. The third-order valence-corrected chi connectivity index (χ3v) is 7.56. The SMILES string of the molecule is CC1(C)[C@H]2CC[C@]1(C)[C@@H](NC(=O)CSc1nc3ccccc3o1)C2. The van der Waals surface area contributed by atoms with E-state index >= 15 is 0 Å². The van der Waals surface area contributed by atoms with Crippen LogP contribution in [0.15, 0.2) is 33.9 Å². The number of para-hydroxylation sites is 2. The van der Waals surface area contributed by atoms with Crippen LogP contribution in [0.2, 0.25) is 0 Å². The van der Waals surface area contributed by atoms with E-state index in [4.69, 9.17) is 4.42 Å². The molecule has 1 aromatic heterocycles. The van der Waals surface area contributed by atoms with E-state index in [0.717, 1.165) is 23.4 Å². The molecule has 128 valence electrons. The van der Waals surface area contributed by atoms with Gasteiger partial charge in [-0.05, 0) is 48.1 Å². The summed E-state index contributed by atoms with van der Waals surface area (Å²) in [6.45, 7) is 7.08. The Morgan fingerprint density at radius 2 is 2.17 bits per heavy atom. The molecule has 2 saturated carbocycles. The Morgan fingerprint density at radius 3 is 2.83 bits per heavy atom. The lowest BCUT2D eigenvalue weighted by Crippen LogP contribution is -2.47. The predicted molar refractivity (Wildman–Crippen MR) is 95.9 cm³/mol. The molecule has 2 aliphatic carbocycles. The second-order valence-corrected chi connectivity index (χ2v) is 8.89. The predicted octanol–water partition coefficient (Wildman–Crippen LogP) is 4.25. The van der Waals surface area contributed by atoms with E-state index in [-0.39, 0.29) is 11.3 Å². The molecule has 5 heteroatoms. The standard InChI is InChI=1S/C19H24N2O2S/c1-18(2)12-8-9-19(18,3)15(10-12)21-16(22)11-24-17-20-13-6-4-5-7-14(13)23-17/h4-7,12,15H,8-11H2,1-3H3,(H,21,22)/t12-,15-,19+/m0/s1. The summed E-state index contributed by atoms with van der Waals surface area (Å²) in [6.07, 6.45) is 3.63. The number of nitrogens with zero attached hydrogens (tertiary/aromatic N) is 1. The number of carbonyl (C=O) groups is 1. The van der Waals surface area contributed by atoms with Crippen LogP contribution in [0.25, 0.3) is 11.1 Å². The molecule has 1 N–H and O–H groups in total. The van der Waals surface area contributed by atoms with E-state index < -0.39 is 0 Å². The van der Waals surface area contributed by atoms with Crippen LogP contribution >= 0.6 is 11.8 Å². The molecule has 1 heterocycles. The third-order valence-electron chi connectivity index (χ3n) is 6.73. The largest absolute Gasteiger partial charge is 0.431 e. The molecule has 2 bridgehead atoms. The molecule has 2 aromatic rings. The van der Waals surface area contributed by atoms with Crippen molar-refractivity contribution in [3.8, 4) is 0 Å². The summed E-state index contributed by atoms with van der Waals surface area (Å²) in [6, 6.07) is 7.96. The monoisotopic (exact) mass is 344 g/mol. The summed E-state index contributed by atoms with van der Waals surface area (Å²) in [4.78, 5) is 16.8. The Balaban J connectivity index is 1.37. The highest BCUT2D eigenvalue weighted by atomic mass is 32.2. The van der Waals surface area contributed by atoms with Gasteiger partial charge in [-0.15, -0.1) is 0 Å². The number of aromatic nitrogens is 1. The van der Waals surface area contributed by atoms with Crippen molar-refractivity contribution in [2.75, 3.05) is 5.75 Å². The van der Waals surface area contributed by atoms with E-state index in [1.807, 2.05) is 24.3 Å². The summed E-state index contributed by atoms with van der Waals surface area (Å²) in [5.74, 6) is 1.17. The van der Waals surface area contributed by atoms with Gasteiger partial charge in [0.05, 0.1) is 5.75 Å².